The Morgan fingerprint density at radius 1 is 1.24 bits per heavy atom. The van der Waals surface area contributed by atoms with E-state index in [1.807, 2.05) is 4.90 Å². The van der Waals surface area contributed by atoms with E-state index in [0.717, 1.165) is 0 Å². The second kappa shape index (κ2) is 5.84. The third-order valence-corrected chi connectivity index (χ3v) is 3.21. The van der Waals surface area contributed by atoms with Crippen LogP contribution >= 0.6 is 0 Å². The van der Waals surface area contributed by atoms with Crippen LogP contribution in [0.1, 0.15) is 10.4 Å². The Labute approximate surface area is 121 Å². The molecule has 0 spiro atoms. The first kappa shape index (κ1) is 13.4. The lowest BCUT2D eigenvalue weighted by Crippen LogP contribution is -2.37. The lowest BCUT2D eigenvalue weighted by molar-refractivity contribution is 0.0696. The maximum Gasteiger partial charge on any atom is 0.339 e. The Kier molecular flexibility index (Phi) is 3.74. The minimum atomic E-state index is -1.07. The van der Waals surface area contributed by atoms with Crippen LogP contribution in [-0.2, 0) is 4.74 Å². The molecule has 0 bridgehead atoms. The molecule has 21 heavy (non-hydrogen) atoms. The molecule has 0 radical (unpaired) electrons. The van der Waals surface area contributed by atoms with E-state index in [-0.39, 0.29) is 5.56 Å². The van der Waals surface area contributed by atoms with Gasteiger partial charge in [0.1, 0.15) is 11.3 Å². The average molecular weight is 286 g/mol. The lowest BCUT2D eigenvalue weighted by atomic mass is 10.1. The molecule has 1 aliphatic heterocycles. The summed E-state index contributed by atoms with van der Waals surface area (Å²) < 4.78 is 5.29. The van der Waals surface area contributed by atoms with Crippen molar-refractivity contribution in [2.75, 3.05) is 31.2 Å². The van der Waals surface area contributed by atoms with Gasteiger partial charge in [-0.1, -0.05) is 6.07 Å². The van der Waals surface area contributed by atoms with Crippen LogP contribution in [-0.4, -0.2) is 52.3 Å². The molecule has 7 heteroatoms. The maximum absolute atomic E-state index is 11.3. The molecule has 0 atom stereocenters. The van der Waals surface area contributed by atoms with Crippen molar-refractivity contribution >= 4 is 11.9 Å². The van der Waals surface area contributed by atoms with E-state index in [1.54, 1.807) is 24.4 Å². The van der Waals surface area contributed by atoms with Gasteiger partial charge in [0.15, 0.2) is 0 Å². The highest BCUT2D eigenvalue weighted by molar-refractivity contribution is 5.94. The van der Waals surface area contributed by atoms with E-state index in [9.17, 15) is 9.90 Å². The highest BCUT2D eigenvalue weighted by atomic mass is 16.5. The molecule has 0 aliphatic carbocycles. The summed E-state index contributed by atoms with van der Waals surface area (Å²) in [6, 6.07) is 5.30. The van der Waals surface area contributed by atoms with Gasteiger partial charge in [-0.15, -0.1) is 0 Å². The molecular formula is C14H14N4O3. The fraction of sp³-hybridized carbons (Fsp3) is 0.286. The predicted molar refractivity (Wildman–Crippen MR) is 75.3 cm³/mol. The summed E-state index contributed by atoms with van der Waals surface area (Å²) in [7, 11) is 0. The number of carboxylic acids is 1. The summed E-state index contributed by atoms with van der Waals surface area (Å²) in [5.74, 6) is -0.562. The fourth-order valence-corrected chi connectivity index (χ4v) is 2.14. The molecule has 108 valence electrons. The molecule has 0 amide bonds. The molecule has 0 aromatic carbocycles. The molecule has 1 N–H and O–H groups in total. The molecular weight excluding hydrogens is 272 g/mol. The second-order valence-electron chi connectivity index (χ2n) is 4.55. The van der Waals surface area contributed by atoms with Crippen molar-refractivity contribution in [3.63, 3.8) is 0 Å². The van der Waals surface area contributed by atoms with Crippen molar-refractivity contribution in [2.24, 2.45) is 0 Å². The number of ether oxygens (including phenoxy) is 1. The molecule has 3 heterocycles. The van der Waals surface area contributed by atoms with E-state index in [0.29, 0.717) is 43.6 Å². The number of carboxylic acid groups (broad SMARTS) is 1. The SMILES string of the molecule is O=C(O)c1cnc(N2CCOCC2)nc1-c1ccccn1. The zero-order chi connectivity index (χ0) is 14.7. The van der Waals surface area contributed by atoms with Gasteiger partial charge < -0.3 is 14.7 Å². The Morgan fingerprint density at radius 2 is 2.05 bits per heavy atom. The Hall–Kier alpha value is -2.54. The number of morpholine rings is 1. The molecule has 3 rings (SSSR count). The average Bonchev–Trinajstić information content (AvgIpc) is 2.56. The molecule has 7 nitrogen and oxygen atoms in total. The van der Waals surface area contributed by atoms with Gasteiger partial charge in [0.2, 0.25) is 5.95 Å². The third-order valence-electron chi connectivity index (χ3n) is 3.21. The zero-order valence-corrected chi connectivity index (χ0v) is 11.3. The minimum absolute atomic E-state index is 0.0470. The van der Waals surface area contributed by atoms with Crippen LogP contribution < -0.4 is 4.90 Å². The largest absolute Gasteiger partial charge is 0.478 e. The van der Waals surface area contributed by atoms with Gasteiger partial charge in [-0.2, -0.15) is 0 Å². The fourth-order valence-electron chi connectivity index (χ4n) is 2.14. The maximum atomic E-state index is 11.3. The van der Waals surface area contributed by atoms with Crippen molar-refractivity contribution in [1.29, 1.82) is 0 Å². The summed E-state index contributed by atoms with van der Waals surface area (Å²) in [5.41, 5.74) is 0.900. The van der Waals surface area contributed by atoms with Crippen molar-refractivity contribution in [3.8, 4) is 11.4 Å². The Morgan fingerprint density at radius 3 is 2.71 bits per heavy atom. The number of anilines is 1. The molecule has 1 aliphatic rings. The van der Waals surface area contributed by atoms with Crippen molar-refractivity contribution in [2.45, 2.75) is 0 Å². The summed E-state index contributed by atoms with van der Waals surface area (Å²) >= 11 is 0. The molecule has 1 saturated heterocycles. The first-order valence-corrected chi connectivity index (χ1v) is 6.60. The summed E-state index contributed by atoms with van der Waals surface area (Å²) in [6.07, 6.45) is 2.95. The number of rotatable bonds is 3. The van der Waals surface area contributed by atoms with Gasteiger partial charge in [-0.3, -0.25) is 4.98 Å². The van der Waals surface area contributed by atoms with Gasteiger partial charge >= 0.3 is 5.97 Å². The van der Waals surface area contributed by atoms with Crippen LogP contribution in [0.2, 0.25) is 0 Å². The number of pyridine rings is 1. The van der Waals surface area contributed by atoms with Gasteiger partial charge in [0.05, 0.1) is 18.9 Å². The topological polar surface area (TPSA) is 88.4 Å². The highest BCUT2D eigenvalue weighted by Crippen LogP contribution is 2.22. The van der Waals surface area contributed by atoms with E-state index in [2.05, 4.69) is 15.0 Å². The van der Waals surface area contributed by atoms with Crippen LogP contribution in [0.5, 0.6) is 0 Å². The summed E-state index contributed by atoms with van der Waals surface area (Å²) in [6.45, 7) is 2.61. The predicted octanol–water partition coefficient (Wildman–Crippen LogP) is 1.07. The standard InChI is InChI=1S/C14H14N4O3/c19-13(20)10-9-16-14(18-5-7-21-8-6-18)17-12(10)11-3-1-2-4-15-11/h1-4,9H,5-8H2,(H,19,20). The van der Waals surface area contributed by atoms with Gasteiger partial charge in [-0.05, 0) is 12.1 Å². The Balaban J connectivity index is 2.04. The number of aromatic nitrogens is 3. The smallest absolute Gasteiger partial charge is 0.339 e. The summed E-state index contributed by atoms with van der Waals surface area (Å²) in [5, 5.41) is 9.29. The molecule has 0 unspecified atom stereocenters. The number of hydrogen-bond donors (Lipinski definition) is 1. The second-order valence-corrected chi connectivity index (χ2v) is 4.55. The normalized spacial score (nSPS) is 15.0. The Bertz CT molecular complexity index is 642. The van der Waals surface area contributed by atoms with Crippen molar-refractivity contribution < 1.29 is 14.6 Å². The highest BCUT2D eigenvalue weighted by Gasteiger charge is 2.20. The minimum Gasteiger partial charge on any atom is -0.478 e. The first-order chi connectivity index (χ1) is 10.3. The lowest BCUT2D eigenvalue weighted by Gasteiger charge is -2.27. The first-order valence-electron chi connectivity index (χ1n) is 6.60. The van der Waals surface area contributed by atoms with Gasteiger partial charge in [0, 0.05) is 25.5 Å². The van der Waals surface area contributed by atoms with Crippen LogP contribution in [0, 0.1) is 0 Å². The monoisotopic (exact) mass is 286 g/mol. The third kappa shape index (κ3) is 2.82. The molecule has 0 saturated carbocycles. The van der Waals surface area contributed by atoms with E-state index < -0.39 is 5.97 Å². The number of carbonyl (C=O) groups is 1. The molecule has 2 aromatic rings. The van der Waals surface area contributed by atoms with Crippen molar-refractivity contribution in [1.82, 2.24) is 15.0 Å². The van der Waals surface area contributed by atoms with Gasteiger partial charge in [0.25, 0.3) is 0 Å². The van der Waals surface area contributed by atoms with Crippen molar-refractivity contribution in [3.05, 3.63) is 36.2 Å². The number of hydrogen-bond acceptors (Lipinski definition) is 6. The van der Waals surface area contributed by atoms with Gasteiger partial charge in [-0.25, -0.2) is 14.8 Å². The van der Waals surface area contributed by atoms with E-state index >= 15 is 0 Å². The van der Waals surface area contributed by atoms with Crippen LogP contribution in [0.15, 0.2) is 30.6 Å². The number of nitrogens with zero attached hydrogens (tertiary/aromatic N) is 4. The quantitative estimate of drug-likeness (QED) is 0.902. The number of aromatic carboxylic acids is 1. The van der Waals surface area contributed by atoms with E-state index in [4.69, 9.17) is 4.74 Å². The van der Waals surface area contributed by atoms with Crippen LogP contribution in [0.3, 0.4) is 0 Å². The zero-order valence-electron chi connectivity index (χ0n) is 11.3. The van der Waals surface area contributed by atoms with Crippen LogP contribution in [0.25, 0.3) is 11.4 Å². The van der Waals surface area contributed by atoms with E-state index in [1.165, 1.54) is 6.20 Å². The van der Waals surface area contributed by atoms with Crippen LogP contribution in [0.4, 0.5) is 5.95 Å². The molecule has 1 fully saturated rings. The summed E-state index contributed by atoms with van der Waals surface area (Å²) in [4.78, 5) is 26.1. The molecule has 2 aromatic heterocycles.